The van der Waals surface area contributed by atoms with Gasteiger partial charge in [-0.15, -0.1) is 10.2 Å². The highest BCUT2D eigenvalue weighted by atomic mass is 35.5. The van der Waals surface area contributed by atoms with E-state index in [1.807, 2.05) is 30.3 Å². The fourth-order valence-corrected chi connectivity index (χ4v) is 3.31. The minimum Gasteiger partial charge on any atom is -0.481 e. The van der Waals surface area contributed by atoms with Gasteiger partial charge < -0.3 is 5.11 Å². The van der Waals surface area contributed by atoms with Crippen LogP contribution in [-0.2, 0) is 4.79 Å². The summed E-state index contributed by atoms with van der Waals surface area (Å²) in [5.41, 5.74) is 1.48. The zero-order valence-corrected chi connectivity index (χ0v) is 14.5. The van der Waals surface area contributed by atoms with Crippen LogP contribution < -0.4 is 0 Å². The zero-order chi connectivity index (χ0) is 17.1. The average Bonchev–Trinajstić information content (AvgIpc) is 2.97. The van der Waals surface area contributed by atoms with E-state index in [2.05, 4.69) is 10.2 Å². The van der Waals surface area contributed by atoms with Crippen LogP contribution in [0.15, 0.2) is 53.7 Å². The summed E-state index contributed by atoms with van der Waals surface area (Å²) in [6.07, 6.45) is 0. The fraction of sp³-hybridized carbons (Fsp3) is 0.0625. The Kier molecular flexibility index (Phi) is 5.08. The molecule has 0 fully saturated rings. The molecule has 1 heterocycles. The molecule has 0 aliphatic rings. The molecule has 8 heteroatoms. The molecule has 0 aliphatic heterocycles. The number of aliphatic carboxylic acids is 1. The summed E-state index contributed by atoms with van der Waals surface area (Å²) in [7, 11) is 0. The number of rotatable bonds is 5. The third-order valence-corrected chi connectivity index (χ3v) is 4.61. The molecule has 0 unspecified atom stereocenters. The minimum atomic E-state index is -0.923. The number of thioether (sulfide) groups is 1. The second-order valence-corrected chi connectivity index (χ2v) is 6.57. The Morgan fingerprint density at radius 1 is 1.12 bits per heavy atom. The molecule has 0 atom stereocenters. The number of carboxylic acid groups (broad SMARTS) is 1. The van der Waals surface area contributed by atoms with E-state index in [1.165, 1.54) is 0 Å². The Hall–Kier alpha value is -2.02. The highest BCUT2D eigenvalue weighted by molar-refractivity contribution is 7.99. The first kappa shape index (κ1) is 16.8. The normalized spacial score (nSPS) is 10.8. The summed E-state index contributed by atoms with van der Waals surface area (Å²) >= 11 is 13.3. The van der Waals surface area contributed by atoms with Crippen LogP contribution >= 0.6 is 35.0 Å². The third-order valence-electron chi connectivity index (χ3n) is 3.14. The van der Waals surface area contributed by atoms with Crippen molar-refractivity contribution in [2.75, 3.05) is 5.75 Å². The number of aromatic nitrogens is 3. The summed E-state index contributed by atoms with van der Waals surface area (Å²) in [5, 5.41) is 18.7. The summed E-state index contributed by atoms with van der Waals surface area (Å²) in [5.74, 6) is -0.510. The molecule has 0 saturated heterocycles. The van der Waals surface area contributed by atoms with Gasteiger partial charge in [-0.25, -0.2) is 0 Å². The number of halogens is 2. The smallest absolute Gasteiger partial charge is 0.313 e. The summed E-state index contributed by atoms with van der Waals surface area (Å²) in [6.45, 7) is 0. The van der Waals surface area contributed by atoms with Gasteiger partial charge in [0.2, 0.25) is 0 Å². The van der Waals surface area contributed by atoms with Crippen molar-refractivity contribution in [3.05, 3.63) is 58.6 Å². The molecular formula is C16H11Cl2N3O2S. The largest absolute Gasteiger partial charge is 0.481 e. The summed E-state index contributed by atoms with van der Waals surface area (Å²) in [6, 6.07) is 14.6. The first-order valence-electron chi connectivity index (χ1n) is 6.87. The van der Waals surface area contributed by atoms with Gasteiger partial charge >= 0.3 is 5.97 Å². The van der Waals surface area contributed by atoms with Gasteiger partial charge in [-0.3, -0.25) is 9.36 Å². The van der Waals surface area contributed by atoms with Crippen molar-refractivity contribution in [1.29, 1.82) is 0 Å². The predicted octanol–water partition coefficient (Wildman–Crippen LogP) is 4.42. The van der Waals surface area contributed by atoms with Crippen molar-refractivity contribution in [2.24, 2.45) is 0 Å². The van der Waals surface area contributed by atoms with Crippen molar-refractivity contribution < 1.29 is 9.90 Å². The van der Waals surface area contributed by atoms with E-state index < -0.39 is 5.97 Å². The summed E-state index contributed by atoms with van der Waals surface area (Å²) in [4.78, 5) is 10.9. The number of nitrogens with zero attached hydrogens (tertiary/aromatic N) is 3. The lowest BCUT2D eigenvalue weighted by Crippen LogP contribution is -2.03. The zero-order valence-electron chi connectivity index (χ0n) is 12.2. The quantitative estimate of drug-likeness (QED) is 0.664. The second-order valence-electron chi connectivity index (χ2n) is 4.78. The average molecular weight is 380 g/mol. The van der Waals surface area contributed by atoms with Gasteiger partial charge in [0.1, 0.15) is 0 Å². The number of para-hydroxylation sites is 1. The maximum atomic E-state index is 10.9. The van der Waals surface area contributed by atoms with Gasteiger partial charge in [0.05, 0.1) is 10.8 Å². The third kappa shape index (κ3) is 3.56. The lowest BCUT2D eigenvalue weighted by Gasteiger charge is -2.10. The SMILES string of the molecule is O=C(O)CSc1nnc(-c2ccc(Cl)cc2Cl)n1-c1ccccc1. The Bertz CT molecular complexity index is 884. The van der Waals surface area contributed by atoms with Crippen molar-refractivity contribution in [3.8, 4) is 17.1 Å². The maximum Gasteiger partial charge on any atom is 0.313 e. The van der Waals surface area contributed by atoms with Crippen LogP contribution in [0.4, 0.5) is 0 Å². The summed E-state index contributed by atoms with van der Waals surface area (Å²) < 4.78 is 1.78. The highest BCUT2D eigenvalue weighted by Gasteiger charge is 2.18. The minimum absolute atomic E-state index is 0.112. The molecule has 1 aromatic heterocycles. The van der Waals surface area contributed by atoms with Gasteiger partial charge in [-0.1, -0.05) is 53.2 Å². The Balaban J connectivity index is 2.14. The molecule has 3 rings (SSSR count). The van der Waals surface area contributed by atoms with E-state index in [1.54, 1.807) is 22.8 Å². The molecule has 0 spiro atoms. The van der Waals surface area contributed by atoms with E-state index in [0.717, 1.165) is 17.4 Å². The topological polar surface area (TPSA) is 68.0 Å². The van der Waals surface area contributed by atoms with Gasteiger partial charge in [-0.2, -0.15) is 0 Å². The fourth-order valence-electron chi connectivity index (χ4n) is 2.14. The molecule has 122 valence electrons. The van der Waals surface area contributed by atoms with E-state index in [0.29, 0.717) is 26.6 Å². The van der Waals surface area contributed by atoms with Crippen LogP contribution in [0.5, 0.6) is 0 Å². The van der Waals surface area contributed by atoms with Crippen molar-refractivity contribution >= 4 is 40.9 Å². The van der Waals surface area contributed by atoms with Gasteiger partial charge in [-0.05, 0) is 30.3 Å². The van der Waals surface area contributed by atoms with E-state index in [9.17, 15) is 4.79 Å². The second kappa shape index (κ2) is 7.25. The monoisotopic (exact) mass is 379 g/mol. The van der Waals surface area contributed by atoms with Crippen molar-refractivity contribution in [2.45, 2.75) is 5.16 Å². The first-order chi connectivity index (χ1) is 11.6. The molecule has 5 nitrogen and oxygen atoms in total. The van der Waals surface area contributed by atoms with E-state index in [4.69, 9.17) is 28.3 Å². The number of carboxylic acids is 1. The van der Waals surface area contributed by atoms with Crippen LogP contribution in [0.25, 0.3) is 17.1 Å². The molecule has 3 aromatic rings. The standard InChI is InChI=1S/C16H11Cl2N3O2S/c17-10-6-7-12(13(18)8-10)15-19-20-16(24-9-14(22)23)21(15)11-4-2-1-3-5-11/h1-8H,9H2,(H,22,23). The molecule has 24 heavy (non-hydrogen) atoms. The molecular weight excluding hydrogens is 369 g/mol. The van der Waals surface area contributed by atoms with Gasteiger partial charge in [0.15, 0.2) is 11.0 Å². The molecule has 2 aromatic carbocycles. The number of hydrogen-bond donors (Lipinski definition) is 1. The van der Waals surface area contributed by atoms with Crippen molar-refractivity contribution in [1.82, 2.24) is 14.8 Å². The molecule has 0 saturated carbocycles. The number of benzene rings is 2. The highest BCUT2D eigenvalue weighted by Crippen LogP contribution is 2.33. The van der Waals surface area contributed by atoms with Gasteiger partial charge in [0.25, 0.3) is 0 Å². The molecule has 0 radical (unpaired) electrons. The molecule has 0 bridgehead atoms. The number of carbonyl (C=O) groups is 1. The predicted molar refractivity (Wildman–Crippen MR) is 95.2 cm³/mol. The Labute approximate surface area is 152 Å². The van der Waals surface area contributed by atoms with Crippen molar-refractivity contribution in [3.63, 3.8) is 0 Å². The molecule has 1 N–H and O–H groups in total. The lowest BCUT2D eigenvalue weighted by atomic mass is 10.2. The van der Waals surface area contributed by atoms with Crippen LogP contribution in [0.2, 0.25) is 10.0 Å². The Morgan fingerprint density at radius 2 is 1.88 bits per heavy atom. The van der Waals surface area contributed by atoms with Crippen LogP contribution in [0.3, 0.4) is 0 Å². The lowest BCUT2D eigenvalue weighted by molar-refractivity contribution is -0.133. The maximum absolute atomic E-state index is 10.9. The first-order valence-corrected chi connectivity index (χ1v) is 8.61. The molecule has 0 amide bonds. The van der Waals surface area contributed by atoms with Crippen LogP contribution in [-0.4, -0.2) is 31.6 Å². The Morgan fingerprint density at radius 3 is 2.54 bits per heavy atom. The van der Waals surface area contributed by atoms with E-state index in [-0.39, 0.29) is 5.75 Å². The molecule has 0 aliphatic carbocycles. The van der Waals surface area contributed by atoms with Gasteiger partial charge in [0, 0.05) is 16.3 Å². The van der Waals surface area contributed by atoms with E-state index >= 15 is 0 Å². The van der Waals surface area contributed by atoms with Crippen LogP contribution in [0.1, 0.15) is 0 Å². The number of hydrogen-bond acceptors (Lipinski definition) is 4. The van der Waals surface area contributed by atoms with Crippen LogP contribution in [0, 0.1) is 0 Å².